The van der Waals surface area contributed by atoms with Crippen LogP contribution in [0.3, 0.4) is 0 Å². The van der Waals surface area contributed by atoms with E-state index >= 15 is 0 Å². The average Bonchev–Trinajstić information content (AvgIpc) is 2.65. The standard InChI is InChI=1S/C9H10N4O/c1-14-9-2-3-11-5-8(9)13-6-7(10)4-12-13/h2-6H,10H2,1H3. The van der Waals surface area contributed by atoms with Gasteiger partial charge in [-0.05, 0) is 0 Å². The number of rotatable bonds is 2. The topological polar surface area (TPSA) is 66.0 Å². The van der Waals surface area contributed by atoms with E-state index in [0.717, 1.165) is 5.69 Å². The third-order valence-corrected chi connectivity index (χ3v) is 1.83. The monoisotopic (exact) mass is 190 g/mol. The minimum Gasteiger partial charge on any atom is -0.494 e. The summed E-state index contributed by atoms with van der Waals surface area (Å²) >= 11 is 0. The number of pyridine rings is 1. The number of nitrogens with two attached hydrogens (primary N) is 1. The van der Waals surface area contributed by atoms with Gasteiger partial charge in [0.25, 0.3) is 0 Å². The highest BCUT2D eigenvalue weighted by atomic mass is 16.5. The van der Waals surface area contributed by atoms with E-state index in [4.69, 9.17) is 10.5 Å². The highest BCUT2D eigenvalue weighted by Gasteiger charge is 2.05. The molecule has 0 bridgehead atoms. The van der Waals surface area contributed by atoms with Crippen LogP contribution in [0.2, 0.25) is 0 Å². The molecule has 0 fully saturated rings. The molecule has 2 heterocycles. The molecule has 5 nitrogen and oxygen atoms in total. The maximum Gasteiger partial charge on any atom is 0.147 e. The molecule has 5 heteroatoms. The lowest BCUT2D eigenvalue weighted by Crippen LogP contribution is -1.98. The molecular weight excluding hydrogens is 180 g/mol. The predicted octanol–water partition coefficient (Wildman–Crippen LogP) is 0.858. The van der Waals surface area contributed by atoms with E-state index in [1.54, 1.807) is 42.6 Å². The molecule has 0 unspecified atom stereocenters. The van der Waals surface area contributed by atoms with Gasteiger partial charge in [0.05, 0.1) is 31.4 Å². The molecular formula is C9H10N4O. The third-order valence-electron chi connectivity index (χ3n) is 1.83. The Kier molecular flexibility index (Phi) is 2.06. The molecule has 0 aromatic carbocycles. The lowest BCUT2D eigenvalue weighted by atomic mass is 10.4. The van der Waals surface area contributed by atoms with E-state index < -0.39 is 0 Å². The molecule has 2 aromatic heterocycles. The molecule has 0 radical (unpaired) electrons. The zero-order valence-electron chi connectivity index (χ0n) is 7.71. The van der Waals surface area contributed by atoms with Gasteiger partial charge in [0, 0.05) is 12.3 Å². The van der Waals surface area contributed by atoms with Crippen LogP contribution in [0.4, 0.5) is 5.69 Å². The normalized spacial score (nSPS) is 10.1. The molecule has 0 saturated carbocycles. The van der Waals surface area contributed by atoms with E-state index in [1.165, 1.54) is 0 Å². The summed E-state index contributed by atoms with van der Waals surface area (Å²) in [5.74, 6) is 0.711. The van der Waals surface area contributed by atoms with Crippen LogP contribution in [-0.4, -0.2) is 21.9 Å². The fourth-order valence-electron chi connectivity index (χ4n) is 1.19. The van der Waals surface area contributed by atoms with Crippen molar-refractivity contribution in [1.29, 1.82) is 0 Å². The summed E-state index contributed by atoms with van der Waals surface area (Å²) in [6, 6.07) is 1.77. The first-order valence-corrected chi connectivity index (χ1v) is 4.10. The van der Waals surface area contributed by atoms with E-state index in [9.17, 15) is 0 Å². The highest BCUT2D eigenvalue weighted by molar-refractivity contribution is 5.45. The molecule has 0 saturated heterocycles. The SMILES string of the molecule is COc1ccncc1-n1cc(N)cn1. The summed E-state index contributed by atoms with van der Waals surface area (Å²) in [6.45, 7) is 0. The number of nitrogens with zero attached hydrogens (tertiary/aromatic N) is 3. The summed E-state index contributed by atoms with van der Waals surface area (Å²) in [5, 5.41) is 4.07. The van der Waals surface area contributed by atoms with Crippen molar-refractivity contribution < 1.29 is 4.74 Å². The van der Waals surface area contributed by atoms with Crippen LogP contribution >= 0.6 is 0 Å². The number of aromatic nitrogens is 3. The Morgan fingerprint density at radius 2 is 2.29 bits per heavy atom. The maximum atomic E-state index is 5.56. The van der Waals surface area contributed by atoms with E-state index in [0.29, 0.717) is 11.4 Å². The summed E-state index contributed by atoms with van der Waals surface area (Å²) in [6.07, 6.45) is 6.62. The number of hydrogen-bond donors (Lipinski definition) is 1. The van der Waals surface area contributed by atoms with Crippen molar-refractivity contribution in [2.45, 2.75) is 0 Å². The van der Waals surface area contributed by atoms with Gasteiger partial charge in [-0.3, -0.25) is 4.98 Å². The van der Waals surface area contributed by atoms with Crippen molar-refractivity contribution in [3.63, 3.8) is 0 Å². The van der Waals surface area contributed by atoms with Crippen molar-refractivity contribution in [2.75, 3.05) is 12.8 Å². The molecule has 0 spiro atoms. The molecule has 0 aliphatic rings. The smallest absolute Gasteiger partial charge is 0.147 e. The van der Waals surface area contributed by atoms with Crippen LogP contribution in [0, 0.1) is 0 Å². The predicted molar refractivity (Wildman–Crippen MR) is 52.3 cm³/mol. The Bertz CT molecular complexity index is 438. The molecule has 0 amide bonds. The van der Waals surface area contributed by atoms with Gasteiger partial charge in [-0.25, -0.2) is 4.68 Å². The quantitative estimate of drug-likeness (QED) is 0.762. The van der Waals surface area contributed by atoms with Gasteiger partial charge >= 0.3 is 0 Å². The molecule has 72 valence electrons. The van der Waals surface area contributed by atoms with Crippen LogP contribution in [0.1, 0.15) is 0 Å². The highest BCUT2D eigenvalue weighted by Crippen LogP contribution is 2.20. The Labute approximate surface area is 81.1 Å². The van der Waals surface area contributed by atoms with Crippen LogP contribution in [0.15, 0.2) is 30.9 Å². The summed E-state index contributed by atoms with van der Waals surface area (Å²) in [4.78, 5) is 4.00. The second-order valence-corrected chi connectivity index (χ2v) is 2.77. The van der Waals surface area contributed by atoms with Gasteiger partial charge in [-0.15, -0.1) is 0 Å². The summed E-state index contributed by atoms with van der Waals surface area (Å²) in [7, 11) is 1.60. The molecule has 2 N–H and O–H groups in total. The lowest BCUT2D eigenvalue weighted by Gasteiger charge is -2.06. The van der Waals surface area contributed by atoms with Gasteiger partial charge in [0.15, 0.2) is 0 Å². The van der Waals surface area contributed by atoms with E-state index in [2.05, 4.69) is 10.1 Å². The van der Waals surface area contributed by atoms with Crippen LogP contribution < -0.4 is 10.5 Å². The Morgan fingerprint density at radius 1 is 1.43 bits per heavy atom. The minimum atomic E-state index is 0.607. The number of anilines is 1. The van der Waals surface area contributed by atoms with Gasteiger partial charge in [-0.1, -0.05) is 0 Å². The fraction of sp³-hybridized carbons (Fsp3) is 0.111. The second-order valence-electron chi connectivity index (χ2n) is 2.77. The van der Waals surface area contributed by atoms with Gasteiger partial charge in [0.2, 0.25) is 0 Å². The average molecular weight is 190 g/mol. The number of hydrogen-bond acceptors (Lipinski definition) is 4. The number of nitrogen functional groups attached to an aromatic ring is 1. The Balaban J connectivity index is 2.50. The Morgan fingerprint density at radius 3 is 2.93 bits per heavy atom. The molecule has 2 aromatic rings. The zero-order chi connectivity index (χ0) is 9.97. The lowest BCUT2D eigenvalue weighted by molar-refractivity contribution is 0.411. The summed E-state index contributed by atoms with van der Waals surface area (Å²) < 4.78 is 6.79. The van der Waals surface area contributed by atoms with Crippen LogP contribution in [0.25, 0.3) is 5.69 Å². The molecule has 0 aliphatic heterocycles. The van der Waals surface area contributed by atoms with E-state index in [1.807, 2.05) is 0 Å². The first-order valence-electron chi connectivity index (χ1n) is 4.10. The van der Waals surface area contributed by atoms with Gasteiger partial charge < -0.3 is 10.5 Å². The summed E-state index contributed by atoms with van der Waals surface area (Å²) in [5.41, 5.74) is 6.94. The second kappa shape index (κ2) is 3.37. The molecule has 14 heavy (non-hydrogen) atoms. The first-order chi connectivity index (χ1) is 6.81. The van der Waals surface area contributed by atoms with Gasteiger partial charge in [-0.2, -0.15) is 5.10 Å². The minimum absolute atomic E-state index is 0.607. The van der Waals surface area contributed by atoms with Crippen molar-refractivity contribution in [3.05, 3.63) is 30.9 Å². The first kappa shape index (κ1) is 8.55. The zero-order valence-corrected chi connectivity index (χ0v) is 7.71. The third kappa shape index (κ3) is 1.39. The maximum absolute atomic E-state index is 5.56. The van der Waals surface area contributed by atoms with Crippen molar-refractivity contribution in [1.82, 2.24) is 14.8 Å². The van der Waals surface area contributed by atoms with Gasteiger partial charge in [0.1, 0.15) is 11.4 Å². The largest absolute Gasteiger partial charge is 0.494 e. The number of ether oxygens (including phenoxy) is 1. The molecule has 2 rings (SSSR count). The number of methoxy groups -OCH3 is 1. The molecule has 0 aliphatic carbocycles. The fourth-order valence-corrected chi connectivity index (χ4v) is 1.19. The van der Waals surface area contributed by atoms with Crippen LogP contribution in [0.5, 0.6) is 5.75 Å². The van der Waals surface area contributed by atoms with Crippen molar-refractivity contribution in [2.24, 2.45) is 0 Å². The van der Waals surface area contributed by atoms with E-state index in [-0.39, 0.29) is 0 Å². The van der Waals surface area contributed by atoms with Crippen molar-refractivity contribution >= 4 is 5.69 Å². The Hall–Kier alpha value is -2.04. The van der Waals surface area contributed by atoms with Crippen LogP contribution in [-0.2, 0) is 0 Å². The van der Waals surface area contributed by atoms with Crippen molar-refractivity contribution in [3.8, 4) is 11.4 Å². The molecule has 0 atom stereocenters.